The van der Waals surface area contributed by atoms with Crippen LogP contribution in [0.2, 0.25) is 0 Å². The van der Waals surface area contributed by atoms with Gasteiger partial charge in [-0.05, 0) is 25.0 Å². The molecule has 1 atom stereocenters. The molecule has 6 heteroatoms. The molecule has 0 radical (unpaired) electrons. The van der Waals surface area contributed by atoms with Crippen LogP contribution in [-0.2, 0) is 0 Å². The van der Waals surface area contributed by atoms with Gasteiger partial charge in [0.25, 0.3) is 0 Å². The third kappa shape index (κ3) is 7.72. The van der Waals surface area contributed by atoms with E-state index < -0.39 is 0 Å². The van der Waals surface area contributed by atoms with Crippen LogP contribution in [0.5, 0.6) is 11.5 Å². The fourth-order valence-electron chi connectivity index (χ4n) is 1.61. The third-order valence-corrected chi connectivity index (χ3v) is 3.29. The van der Waals surface area contributed by atoms with Gasteiger partial charge in [0.15, 0.2) is 5.96 Å². The van der Waals surface area contributed by atoms with Crippen molar-refractivity contribution >= 4 is 29.9 Å². The van der Waals surface area contributed by atoms with E-state index in [0.29, 0.717) is 25.1 Å². The monoisotopic (exact) mass is 421 g/mol. The number of hydrogen-bond acceptors (Lipinski definition) is 3. The quantitative estimate of drug-likeness (QED) is 0.308. The summed E-state index contributed by atoms with van der Waals surface area (Å²) in [6.07, 6.45) is 0. The van der Waals surface area contributed by atoms with Crippen molar-refractivity contribution in [1.82, 2.24) is 10.6 Å². The lowest BCUT2D eigenvalue weighted by atomic mass is 10.1. The summed E-state index contributed by atoms with van der Waals surface area (Å²) in [4.78, 5) is 4.20. The van der Waals surface area contributed by atoms with E-state index in [1.807, 2.05) is 24.3 Å². The van der Waals surface area contributed by atoms with E-state index in [-0.39, 0.29) is 24.0 Å². The zero-order valence-electron chi connectivity index (χ0n) is 14.1. The van der Waals surface area contributed by atoms with Gasteiger partial charge in [-0.1, -0.05) is 19.9 Å². The molecule has 1 unspecified atom stereocenters. The van der Waals surface area contributed by atoms with Crippen LogP contribution in [-0.4, -0.2) is 39.3 Å². The first kappa shape index (κ1) is 20.8. The van der Waals surface area contributed by atoms with Crippen LogP contribution in [0, 0.1) is 5.92 Å². The second kappa shape index (κ2) is 11.4. The molecule has 2 N–H and O–H groups in total. The molecule has 0 bridgehead atoms. The number of guanidine groups is 1. The number of ether oxygens (including phenoxy) is 2. The Kier molecular flexibility index (Phi) is 10.8. The topological polar surface area (TPSA) is 54.9 Å². The minimum absolute atomic E-state index is 0. The molecule has 0 spiro atoms. The van der Waals surface area contributed by atoms with Gasteiger partial charge < -0.3 is 20.1 Å². The van der Waals surface area contributed by atoms with Crippen LogP contribution in [0.1, 0.15) is 20.8 Å². The van der Waals surface area contributed by atoms with Crippen LogP contribution >= 0.6 is 24.0 Å². The van der Waals surface area contributed by atoms with Crippen molar-refractivity contribution in [2.24, 2.45) is 10.9 Å². The van der Waals surface area contributed by atoms with E-state index in [0.717, 1.165) is 17.5 Å². The first-order valence-corrected chi connectivity index (χ1v) is 7.30. The SMILES string of the molecule is CN=C(NCCOc1cccc(OC)c1)NC(C)C(C)C.I. The van der Waals surface area contributed by atoms with Gasteiger partial charge in [-0.2, -0.15) is 0 Å². The Bertz CT molecular complexity index is 453. The first-order chi connectivity index (χ1) is 10.1. The Labute approximate surface area is 150 Å². The highest BCUT2D eigenvalue weighted by atomic mass is 127. The average Bonchev–Trinajstić information content (AvgIpc) is 2.50. The molecular formula is C16H28IN3O2. The summed E-state index contributed by atoms with van der Waals surface area (Å²) < 4.78 is 10.8. The Balaban J connectivity index is 0.00000441. The molecular weight excluding hydrogens is 393 g/mol. The Morgan fingerprint density at radius 2 is 1.91 bits per heavy atom. The molecule has 0 heterocycles. The summed E-state index contributed by atoms with van der Waals surface area (Å²) in [5, 5.41) is 6.58. The molecule has 0 aromatic heterocycles. The van der Waals surface area contributed by atoms with Crippen molar-refractivity contribution in [2.45, 2.75) is 26.8 Å². The molecule has 126 valence electrons. The molecule has 5 nitrogen and oxygen atoms in total. The molecule has 0 aliphatic rings. The van der Waals surface area contributed by atoms with Crippen LogP contribution < -0.4 is 20.1 Å². The number of aliphatic imine (C=N–C) groups is 1. The summed E-state index contributed by atoms with van der Waals surface area (Å²) in [6.45, 7) is 7.74. The van der Waals surface area contributed by atoms with Gasteiger partial charge >= 0.3 is 0 Å². The third-order valence-electron chi connectivity index (χ3n) is 3.29. The van der Waals surface area contributed by atoms with Crippen molar-refractivity contribution in [3.05, 3.63) is 24.3 Å². The number of hydrogen-bond donors (Lipinski definition) is 2. The maximum Gasteiger partial charge on any atom is 0.191 e. The number of nitrogens with zero attached hydrogens (tertiary/aromatic N) is 1. The molecule has 1 rings (SSSR count). The van der Waals surface area contributed by atoms with Crippen LogP contribution in [0.4, 0.5) is 0 Å². The maximum absolute atomic E-state index is 5.67. The van der Waals surface area contributed by atoms with E-state index >= 15 is 0 Å². The fraction of sp³-hybridized carbons (Fsp3) is 0.562. The van der Waals surface area contributed by atoms with Crippen molar-refractivity contribution in [1.29, 1.82) is 0 Å². The highest BCUT2D eigenvalue weighted by Gasteiger charge is 2.08. The number of benzene rings is 1. The summed E-state index contributed by atoms with van der Waals surface area (Å²) in [7, 11) is 3.41. The van der Waals surface area contributed by atoms with Crippen LogP contribution in [0.15, 0.2) is 29.3 Å². The van der Waals surface area contributed by atoms with Crippen molar-refractivity contribution in [3.8, 4) is 11.5 Å². The Hall–Kier alpha value is -1.18. The molecule has 0 saturated heterocycles. The first-order valence-electron chi connectivity index (χ1n) is 7.30. The van der Waals surface area contributed by atoms with Gasteiger partial charge in [-0.3, -0.25) is 4.99 Å². The largest absolute Gasteiger partial charge is 0.497 e. The van der Waals surface area contributed by atoms with E-state index in [1.54, 1.807) is 14.2 Å². The summed E-state index contributed by atoms with van der Waals surface area (Å²) in [5.41, 5.74) is 0. The minimum atomic E-state index is 0. The van der Waals surface area contributed by atoms with Crippen molar-refractivity contribution in [3.63, 3.8) is 0 Å². The number of halogens is 1. The van der Waals surface area contributed by atoms with Crippen molar-refractivity contribution in [2.75, 3.05) is 27.3 Å². The Morgan fingerprint density at radius 1 is 1.23 bits per heavy atom. The highest BCUT2D eigenvalue weighted by Crippen LogP contribution is 2.18. The average molecular weight is 421 g/mol. The number of rotatable bonds is 7. The van der Waals surface area contributed by atoms with E-state index in [9.17, 15) is 0 Å². The molecule has 0 aliphatic carbocycles. The van der Waals surface area contributed by atoms with Gasteiger partial charge in [0, 0.05) is 19.2 Å². The molecule has 22 heavy (non-hydrogen) atoms. The van der Waals surface area contributed by atoms with E-state index in [1.165, 1.54) is 0 Å². The van der Waals surface area contributed by atoms with E-state index in [2.05, 4.69) is 36.4 Å². The summed E-state index contributed by atoms with van der Waals surface area (Å²) in [5.74, 6) is 2.94. The number of methoxy groups -OCH3 is 1. The standard InChI is InChI=1S/C16H27N3O2.HI/c1-12(2)13(3)19-16(17-4)18-9-10-21-15-8-6-7-14(11-15)20-5;/h6-8,11-13H,9-10H2,1-5H3,(H2,17,18,19);1H. The predicted octanol–water partition coefficient (Wildman–Crippen LogP) is 2.90. The van der Waals surface area contributed by atoms with Gasteiger partial charge in [0.05, 0.1) is 13.7 Å². The lowest BCUT2D eigenvalue weighted by Gasteiger charge is -2.20. The van der Waals surface area contributed by atoms with Gasteiger partial charge in [0.1, 0.15) is 18.1 Å². The molecule has 0 fully saturated rings. The molecule has 1 aromatic rings. The molecule has 0 aliphatic heterocycles. The second-order valence-corrected chi connectivity index (χ2v) is 5.20. The van der Waals surface area contributed by atoms with Crippen molar-refractivity contribution < 1.29 is 9.47 Å². The summed E-state index contributed by atoms with van der Waals surface area (Å²) in [6, 6.07) is 7.96. The second-order valence-electron chi connectivity index (χ2n) is 5.20. The molecule has 1 aromatic carbocycles. The minimum Gasteiger partial charge on any atom is -0.497 e. The summed E-state index contributed by atoms with van der Waals surface area (Å²) >= 11 is 0. The molecule has 0 amide bonds. The van der Waals surface area contributed by atoms with Gasteiger partial charge in [-0.25, -0.2) is 0 Å². The zero-order valence-corrected chi connectivity index (χ0v) is 16.4. The lowest BCUT2D eigenvalue weighted by molar-refractivity contribution is 0.318. The maximum atomic E-state index is 5.67. The van der Waals surface area contributed by atoms with Crippen LogP contribution in [0.3, 0.4) is 0 Å². The highest BCUT2D eigenvalue weighted by molar-refractivity contribution is 14.0. The Morgan fingerprint density at radius 3 is 2.50 bits per heavy atom. The zero-order chi connectivity index (χ0) is 15.7. The van der Waals surface area contributed by atoms with Gasteiger partial charge in [-0.15, -0.1) is 24.0 Å². The fourth-order valence-corrected chi connectivity index (χ4v) is 1.61. The predicted molar refractivity (Wildman–Crippen MR) is 103 cm³/mol. The lowest BCUT2D eigenvalue weighted by Crippen LogP contribution is -2.45. The van der Waals surface area contributed by atoms with Crippen LogP contribution in [0.25, 0.3) is 0 Å². The molecule has 0 saturated carbocycles. The van der Waals surface area contributed by atoms with E-state index in [4.69, 9.17) is 9.47 Å². The normalized spacial score (nSPS) is 12.4. The smallest absolute Gasteiger partial charge is 0.191 e. The van der Waals surface area contributed by atoms with Gasteiger partial charge in [0.2, 0.25) is 0 Å². The number of nitrogens with one attached hydrogen (secondary N) is 2.